The molecular weight excluding hydrogens is 321 g/mol. The van der Waals surface area contributed by atoms with Gasteiger partial charge in [0.05, 0.1) is 13.2 Å². The molecule has 1 aliphatic heterocycles. The van der Waals surface area contributed by atoms with Crippen molar-refractivity contribution in [3.63, 3.8) is 0 Å². The maximum atomic E-state index is 11.8. The van der Waals surface area contributed by atoms with Crippen LogP contribution in [0, 0.1) is 0 Å². The lowest BCUT2D eigenvalue weighted by Gasteiger charge is -2.23. The molecule has 0 saturated heterocycles. The molecular formula is C11H11BrClN3O2. The summed E-state index contributed by atoms with van der Waals surface area (Å²) in [6.07, 6.45) is 5.37. The standard InChI is InChI=1S/C11H11BrClN3O2/c1-2-18-11(17)9-6-10(12)14-16(9)15-5-3-4-8(13)7-15/h3-6H,2,7H2,1H3. The summed E-state index contributed by atoms with van der Waals surface area (Å²) >= 11 is 9.21. The van der Waals surface area contributed by atoms with Gasteiger partial charge < -0.3 is 4.74 Å². The molecule has 0 saturated carbocycles. The number of aromatic nitrogens is 2. The van der Waals surface area contributed by atoms with E-state index in [1.807, 2.05) is 0 Å². The van der Waals surface area contributed by atoms with Crippen LogP contribution in [-0.2, 0) is 4.74 Å². The molecule has 1 aromatic rings. The molecule has 0 N–H and O–H groups in total. The summed E-state index contributed by atoms with van der Waals surface area (Å²) in [7, 11) is 0. The molecule has 0 atom stereocenters. The predicted octanol–water partition coefficient (Wildman–Crippen LogP) is 2.41. The molecule has 0 amide bonds. The van der Waals surface area contributed by atoms with E-state index in [1.54, 1.807) is 36.4 Å². The van der Waals surface area contributed by atoms with Crippen LogP contribution in [0.15, 0.2) is 34.1 Å². The van der Waals surface area contributed by atoms with Crippen LogP contribution in [0.3, 0.4) is 0 Å². The molecule has 1 aromatic heterocycles. The van der Waals surface area contributed by atoms with Gasteiger partial charge in [0.25, 0.3) is 0 Å². The van der Waals surface area contributed by atoms with Crippen LogP contribution in [0.4, 0.5) is 0 Å². The van der Waals surface area contributed by atoms with Gasteiger partial charge in [0.1, 0.15) is 4.60 Å². The Bertz CT molecular complexity index is 524. The summed E-state index contributed by atoms with van der Waals surface area (Å²) in [5, 5.41) is 6.58. The Morgan fingerprint density at radius 2 is 2.44 bits per heavy atom. The SMILES string of the molecule is CCOC(=O)c1cc(Br)nn1N1C=CC=C(Cl)C1. The van der Waals surface area contributed by atoms with E-state index in [4.69, 9.17) is 16.3 Å². The van der Waals surface area contributed by atoms with Gasteiger partial charge in [-0.15, -0.1) is 5.10 Å². The molecule has 96 valence electrons. The first-order valence-corrected chi connectivity index (χ1v) is 6.51. The van der Waals surface area contributed by atoms with Crippen LogP contribution in [0.25, 0.3) is 0 Å². The first kappa shape index (κ1) is 13.2. The second-order valence-corrected chi connectivity index (χ2v) is 4.81. The zero-order valence-corrected chi connectivity index (χ0v) is 12.0. The van der Waals surface area contributed by atoms with Gasteiger partial charge in [0, 0.05) is 17.3 Å². The number of allylic oxidation sites excluding steroid dienone is 2. The van der Waals surface area contributed by atoms with Crippen LogP contribution >= 0.6 is 27.5 Å². The molecule has 0 aliphatic carbocycles. The van der Waals surface area contributed by atoms with E-state index in [0.29, 0.717) is 28.5 Å². The number of nitrogens with zero attached hydrogens (tertiary/aromatic N) is 3. The minimum absolute atomic E-state index is 0.318. The minimum Gasteiger partial charge on any atom is -0.461 e. The Labute approximate surface area is 118 Å². The first-order valence-electron chi connectivity index (χ1n) is 5.34. The van der Waals surface area contributed by atoms with Crippen molar-refractivity contribution in [1.82, 2.24) is 9.89 Å². The van der Waals surface area contributed by atoms with E-state index in [2.05, 4.69) is 21.0 Å². The van der Waals surface area contributed by atoms with Crippen molar-refractivity contribution >= 4 is 33.5 Å². The van der Waals surface area contributed by atoms with Crippen LogP contribution in [0.1, 0.15) is 17.4 Å². The summed E-state index contributed by atoms with van der Waals surface area (Å²) in [4.78, 5) is 13.3. The van der Waals surface area contributed by atoms with E-state index < -0.39 is 5.97 Å². The molecule has 2 rings (SSSR count). The summed E-state index contributed by atoms with van der Waals surface area (Å²) < 4.78 is 5.54. The fourth-order valence-electron chi connectivity index (χ4n) is 1.52. The Morgan fingerprint density at radius 1 is 1.67 bits per heavy atom. The topological polar surface area (TPSA) is 47.4 Å². The second-order valence-electron chi connectivity index (χ2n) is 3.51. The third kappa shape index (κ3) is 2.76. The number of halogens is 2. The van der Waals surface area contributed by atoms with Gasteiger partial charge in [0.2, 0.25) is 0 Å². The Hall–Kier alpha value is -1.27. The van der Waals surface area contributed by atoms with Gasteiger partial charge in [-0.2, -0.15) is 4.79 Å². The van der Waals surface area contributed by atoms with Crippen molar-refractivity contribution in [2.45, 2.75) is 6.92 Å². The molecule has 0 fully saturated rings. The number of hydrogen-bond acceptors (Lipinski definition) is 4. The first-order chi connectivity index (χ1) is 8.61. The van der Waals surface area contributed by atoms with Gasteiger partial charge in [-0.05, 0) is 35.0 Å². The zero-order chi connectivity index (χ0) is 13.1. The second kappa shape index (κ2) is 5.58. The van der Waals surface area contributed by atoms with E-state index in [9.17, 15) is 4.79 Å². The number of carbonyl (C=O) groups excluding carboxylic acids is 1. The van der Waals surface area contributed by atoms with Crippen molar-refractivity contribution in [1.29, 1.82) is 0 Å². The van der Waals surface area contributed by atoms with Crippen molar-refractivity contribution in [3.8, 4) is 0 Å². The van der Waals surface area contributed by atoms with Crippen LogP contribution in [-0.4, -0.2) is 29.0 Å². The largest absolute Gasteiger partial charge is 0.461 e. The van der Waals surface area contributed by atoms with E-state index in [-0.39, 0.29) is 0 Å². The lowest BCUT2D eigenvalue weighted by Crippen LogP contribution is -2.35. The number of ether oxygens (including phenoxy) is 1. The summed E-state index contributed by atoms with van der Waals surface area (Å²) in [6, 6.07) is 1.61. The van der Waals surface area contributed by atoms with E-state index in [0.717, 1.165) is 0 Å². The maximum absolute atomic E-state index is 11.8. The summed E-state index contributed by atoms with van der Waals surface area (Å²) in [5.74, 6) is -0.422. The van der Waals surface area contributed by atoms with Crippen LogP contribution in [0.5, 0.6) is 0 Å². The average molecular weight is 333 g/mol. The van der Waals surface area contributed by atoms with Gasteiger partial charge >= 0.3 is 5.97 Å². The van der Waals surface area contributed by atoms with E-state index in [1.165, 1.54) is 4.79 Å². The summed E-state index contributed by atoms with van der Waals surface area (Å²) in [5.41, 5.74) is 0.347. The molecule has 0 aromatic carbocycles. The Balaban J connectivity index is 2.30. The van der Waals surface area contributed by atoms with Gasteiger partial charge in [0.15, 0.2) is 5.69 Å². The normalized spacial score (nSPS) is 14.6. The van der Waals surface area contributed by atoms with E-state index >= 15 is 0 Å². The van der Waals surface area contributed by atoms with Gasteiger partial charge in [-0.1, -0.05) is 11.6 Å². The van der Waals surface area contributed by atoms with Crippen molar-refractivity contribution in [3.05, 3.63) is 39.7 Å². The molecule has 2 heterocycles. The monoisotopic (exact) mass is 331 g/mol. The Kier molecular flexibility index (Phi) is 4.08. The number of carbonyl (C=O) groups is 1. The molecule has 0 radical (unpaired) electrons. The third-order valence-electron chi connectivity index (χ3n) is 2.24. The average Bonchev–Trinajstić information content (AvgIpc) is 2.72. The summed E-state index contributed by atoms with van der Waals surface area (Å²) in [6.45, 7) is 2.53. The molecule has 18 heavy (non-hydrogen) atoms. The van der Waals surface area contributed by atoms with Crippen molar-refractivity contribution in [2.75, 3.05) is 18.2 Å². The lowest BCUT2D eigenvalue weighted by atomic mass is 10.4. The lowest BCUT2D eigenvalue weighted by molar-refractivity contribution is 0.0512. The van der Waals surface area contributed by atoms with Crippen LogP contribution < -0.4 is 5.01 Å². The number of rotatable bonds is 3. The molecule has 0 spiro atoms. The molecule has 1 aliphatic rings. The quantitative estimate of drug-likeness (QED) is 0.798. The fourth-order valence-corrected chi connectivity index (χ4v) is 2.08. The molecule has 7 heteroatoms. The highest BCUT2D eigenvalue weighted by Crippen LogP contribution is 2.16. The smallest absolute Gasteiger partial charge is 0.358 e. The molecule has 0 unspecified atom stereocenters. The number of esters is 1. The fraction of sp³-hybridized carbons (Fsp3) is 0.273. The maximum Gasteiger partial charge on any atom is 0.358 e. The van der Waals surface area contributed by atoms with Crippen molar-refractivity contribution < 1.29 is 9.53 Å². The predicted molar refractivity (Wildman–Crippen MR) is 72.0 cm³/mol. The minimum atomic E-state index is -0.422. The highest BCUT2D eigenvalue weighted by atomic mass is 79.9. The van der Waals surface area contributed by atoms with Crippen molar-refractivity contribution in [2.24, 2.45) is 0 Å². The highest BCUT2D eigenvalue weighted by Gasteiger charge is 2.20. The Morgan fingerprint density at radius 3 is 3.11 bits per heavy atom. The zero-order valence-electron chi connectivity index (χ0n) is 9.64. The molecule has 5 nitrogen and oxygen atoms in total. The highest BCUT2D eigenvalue weighted by molar-refractivity contribution is 9.10. The van der Waals surface area contributed by atoms with Gasteiger partial charge in [-0.25, -0.2) is 4.79 Å². The van der Waals surface area contributed by atoms with Crippen LogP contribution in [0.2, 0.25) is 0 Å². The van der Waals surface area contributed by atoms with Gasteiger partial charge in [-0.3, -0.25) is 5.01 Å². The number of hydrogen-bond donors (Lipinski definition) is 0. The third-order valence-corrected chi connectivity index (χ3v) is 2.87. The molecule has 0 bridgehead atoms.